The van der Waals surface area contributed by atoms with Gasteiger partial charge in [-0.15, -0.1) is 0 Å². The van der Waals surface area contributed by atoms with Crippen LogP contribution in [0.25, 0.3) is 0 Å². The summed E-state index contributed by atoms with van der Waals surface area (Å²) in [5, 5.41) is 3.57. The average molecular weight is 281 g/mol. The molecule has 1 N–H and O–H groups in total. The third kappa shape index (κ3) is 6.14. The Labute approximate surface area is 129 Å². The zero-order valence-electron chi connectivity index (χ0n) is 13.1. The molecule has 0 aliphatic rings. The van der Waals surface area contributed by atoms with Crippen LogP contribution >= 0.6 is 0 Å². The fourth-order valence-corrected chi connectivity index (χ4v) is 2.62. The zero-order valence-corrected chi connectivity index (χ0v) is 13.1. The monoisotopic (exact) mass is 281 g/mol. The summed E-state index contributed by atoms with van der Waals surface area (Å²) in [6, 6.07) is 21.6. The standard InChI is InChI=1S/C20H27N/c1-18(20-13-6-3-7-14-20)15-17-21-16-9-8-12-19-10-4-2-5-11-19/h2-7,10-11,13-14,18,21H,8-9,12,15-17H2,1H3. The van der Waals surface area contributed by atoms with Gasteiger partial charge in [0.25, 0.3) is 0 Å². The van der Waals surface area contributed by atoms with Crippen LogP contribution in [0.1, 0.15) is 43.2 Å². The van der Waals surface area contributed by atoms with Gasteiger partial charge in [-0.1, -0.05) is 67.6 Å². The van der Waals surface area contributed by atoms with Crippen molar-refractivity contribution in [3.05, 3.63) is 71.8 Å². The van der Waals surface area contributed by atoms with Crippen LogP contribution in [0.4, 0.5) is 0 Å². The molecule has 1 unspecified atom stereocenters. The summed E-state index contributed by atoms with van der Waals surface area (Å²) in [6.45, 7) is 4.56. The fourth-order valence-electron chi connectivity index (χ4n) is 2.62. The summed E-state index contributed by atoms with van der Waals surface area (Å²) in [5.74, 6) is 0.642. The maximum atomic E-state index is 3.57. The van der Waals surface area contributed by atoms with Crippen LogP contribution in [0, 0.1) is 0 Å². The summed E-state index contributed by atoms with van der Waals surface area (Å²) in [4.78, 5) is 0. The average Bonchev–Trinajstić information content (AvgIpc) is 2.55. The normalized spacial score (nSPS) is 12.2. The van der Waals surface area contributed by atoms with Gasteiger partial charge < -0.3 is 5.32 Å². The Morgan fingerprint density at radius 1 is 0.810 bits per heavy atom. The van der Waals surface area contributed by atoms with Crippen molar-refractivity contribution in [1.82, 2.24) is 5.32 Å². The fraction of sp³-hybridized carbons (Fsp3) is 0.400. The molecule has 0 aromatic heterocycles. The van der Waals surface area contributed by atoms with Crippen LogP contribution in [-0.4, -0.2) is 13.1 Å². The number of hydrogen-bond acceptors (Lipinski definition) is 1. The highest BCUT2D eigenvalue weighted by Crippen LogP contribution is 2.17. The number of unbranched alkanes of at least 4 members (excludes halogenated alkanes) is 1. The summed E-state index contributed by atoms with van der Waals surface area (Å²) in [5.41, 5.74) is 2.90. The van der Waals surface area contributed by atoms with E-state index in [-0.39, 0.29) is 0 Å². The predicted octanol–water partition coefficient (Wildman–Crippen LogP) is 4.79. The number of benzene rings is 2. The first-order valence-corrected chi connectivity index (χ1v) is 8.16. The highest BCUT2D eigenvalue weighted by molar-refractivity contribution is 5.18. The van der Waals surface area contributed by atoms with E-state index in [1.54, 1.807) is 0 Å². The Balaban J connectivity index is 1.50. The molecule has 1 atom stereocenters. The first-order chi connectivity index (χ1) is 10.4. The van der Waals surface area contributed by atoms with Gasteiger partial charge in [-0.25, -0.2) is 0 Å². The highest BCUT2D eigenvalue weighted by atomic mass is 14.8. The van der Waals surface area contributed by atoms with Crippen molar-refractivity contribution in [2.24, 2.45) is 0 Å². The van der Waals surface area contributed by atoms with Gasteiger partial charge in [0.15, 0.2) is 0 Å². The van der Waals surface area contributed by atoms with Gasteiger partial charge in [0.1, 0.15) is 0 Å². The van der Waals surface area contributed by atoms with E-state index in [2.05, 4.69) is 72.9 Å². The molecule has 2 aromatic rings. The lowest BCUT2D eigenvalue weighted by molar-refractivity contribution is 0.571. The molecule has 0 aliphatic carbocycles. The van der Waals surface area contributed by atoms with Crippen molar-refractivity contribution < 1.29 is 0 Å². The molecular weight excluding hydrogens is 254 g/mol. The van der Waals surface area contributed by atoms with E-state index < -0.39 is 0 Å². The minimum absolute atomic E-state index is 0.642. The second kappa shape index (κ2) is 9.36. The topological polar surface area (TPSA) is 12.0 Å². The Morgan fingerprint density at radius 3 is 2.19 bits per heavy atom. The highest BCUT2D eigenvalue weighted by Gasteiger charge is 2.03. The quantitative estimate of drug-likeness (QED) is 0.651. The number of nitrogens with one attached hydrogen (secondary N) is 1. The predicted molar refractivity (Wildman–Crippen MR) is 91.7 cm³/mol. The van der Waals surface area contributed by atoms with Crippen molar-refractivity contribution in [2.45, 2.75) is 38.5 Å². The molecule has 0 heterocycles. The number of rotatable bonds is 9. The summed E-state index contributed by atoms with van der Waals surface area (Å²) in [7, 11) is 0. The van der Waals surface area contributed by atoms with Crippen LogP contribution in [0.3, 0.4) is 0 Å². The van der Waals surface area contributed by atoms with Crippen LogP contribution in [0.5, 0.6) is 0 Å². The van der Waals surface area contributed by atoms with Crippen LogP contribution in [0.15, 0.2) is 60.7 Å². The molecule has 2 rings (SSSR count). The molecule has 1 heteroatoms. The summed E-state index contributed by atoms with van der Waals surface area (Å²) >= 11 is 0. The molecule has 0 saturated heterocycles. The van der Waals surface area contributed by atoms with Crippen molar-refractivity contribution in [3.63, 3.8) is 0 Å². The Morgan fingerprint density at radius 2 is 1.48 bits per heavy atom. The molecule has 112 valence electrons. The van der Waals surface area contributed by atoms with Crippen LogP contribution in [-0.2, 0) is 6.42 Å². The molecule has 2 aromatic carbocycles. The second-order valence-electron chi connectivity index (χ2n) is 5.79. The largest absolute Gasteiger partial charge is 0.317 e. The Bertz CT molecular complexity index is 478. The molecular formula is C20H27N. The molecule has 0 amide bonds. The minimum Gasteiger partial charge on any atom is -0.317 e. The Kier molecular flexibility index (Phi) is 7.03. The summed E-state index contributed by atoms with van der Waals surface area (Å²) in [6.07, 6.45) is 4.94. The van der Waals surface area contributed by atoms with E-state index in [4.69, 9.17) is 0 Å². The van der Waals surface area contributed by atoms with E-state index in [0.717, 1.165) is 13.1 Å². The molecule has 0 bridgehead atoms. The third-order valence-corrected chi connectivity index (χ3v) is 4.03. The number of hydrogen-bond donors (Lipinski definition) is 1. The van der Waals surface area contributed by atoms with E-state index in [9.17, 15) is 0 Å². The van der Waals surface area contributed by atoms with E-state index in [1.165, 1.54) is 36.8 Å². The van der Waals surface area contributed by atoms with Gasteiger partial charge in [-0.05, 0) is 55.8 Å². The first-order valence-electron chi connectivity index (χ1n) is 8.16. The van der Waals surface area contributed by atoms with Crippen molar-refractivity contribution in [1.29, 1.82) is 0 Å². The molecule has 1 nitrogen and oxygen atoms in total. The molecule has 0 spiro atoms. The lowest BCUT2D eigenvalue weighted by Gasteiger charge is -2.12. The van der Waals surface area contributed by atoms with E-state index >= 15 is 0 Å². The molecule has 0 aliphatic heterocycles. The lowest BCUT2D eigenvalue weighted by Crippen LogP contribution is -2.18. The zero-order chi connectivity index (χ0) is 14.8. The van der Waals surface area contributed by atoms with E-state index in [1.807, 2.05) is 0 Å². The lowest BCUT2D eigenvalue weighted by atomic mass is 9.98. The molecule has 0 radical (unpaired) electrons. The van der Waals surface area contributed by atoms with Crippen molar-refractivity contribution in [3.8, 4) is 0 Å². The number of aryl methyl sites for hydroxylation is 1. The first kappa shape index (κ1) is 15.8. The molecule has 21 heavy (non-hydrogen) atoms. The van der Waals surface area contributed by atoms with Crippen molar-refractivity contribution in [2.75, 3.05) is 13.1 Å². The Hall–Kier alpha value is -1.60. The van der Waals surface area contributed by atoms with Crippen molar-refractivity contribution >= 4 is 0 Å². The molecule has 0 fully saturated rings. The third-order valence-electron chi connectivity index (χ3n) is 4.03. The van der Waals surface area contributed by atoms with Crippen LogP contribution < -0.4 is 5.32 Å². The molecule has 0 saturated carbocycles. The van der Waals surface area contributed by atoms with E-state index in [0.29, 0.717) is 5.92 Å². The second-order valence-corrected chi connectivity index (χ2v) is 5.79. The maximum Gasteiger partial charge on any atom is -0.00432 e. The minimum atomic E-state index is 0.642. The van der Waals surface area contributed by atoms with Crippen LogP contribution in [0.2, 0.25) is 0 Å². The van der Waals surface area contributed by atoms with Gasteiger partial charge >= 0.3 is 0 Å². The van der Waals surface area contributed by atoms with Gasteiger partial charge in [0, 0.05) is 0 Å². The maximum absolute atomic E-state index is 3.57. The van der Waals surface area contributed by atoms with Gasteiger partial charge in [0.2, 0.25) is 0 Å². The van der Waals surface area contributed by atoms with Gasteiger partial charge in [-0.3, -0.25) is 0 Å². The SMILES string of the molecule is CC(CCNCCCCc1ccccc1)c1ccccc1. The van der Waals surface area contributed by atoms with Gasteiger partial charge in [-0.2, -0.15) is 0 Å². The van der Waals surface area contributed by atoms with Gasteiger partial charge in [0.05, 0.1) is 0 Å². The smallest absolute Gasteiger partial charge is 0.00432 e. The summed E-state index contributed by atoms with van der Waals surface area (Å²) < 4.78 is 0.